The van der Waals surface area contributed by atoms with Crippen LogP contribution in [0, 0.1) is 0 Å². The lowest BCUT2D eigenvalue weighted by Crippen LogP contribution is -2.43. The predicted octanol–water partition coefficient (Wildman–Crippen LogP) is 0.150. The molecule has 0 rings (SSSR count). The van der Waals surface area contributed by atoms with E-state index >= 15 is 0 Å². The number of carbonyl (C=O) groups is 4. The molecule has 8 heteroatoms. The molecule has 2 amide bonds. The zero-order valence-electron chi connectivity index (χ0n) is 12.6. The summed E-state index contributed by atoms with van der Waals surface area (Å²) in [6, 6.07) is -0.630. The van der Waals surface area contributed by atoms with Gasteiger partial charge in [0.2, 0.25) is 5.78 Å². The van der Waals surface area contributed by atoms with Gasteiger partial charge in [-0.3, -0.25) is 14.4 Å². The molecule has 8 nitrogen and oxygen atoms in total. The second-order valence-electron chi connectivity index (χ2n) is 4.19. The zero-order chi connectivity index (χ0) is 16.3. The SMILES string of the molecule is CCNC(=O)OC[C@H](CCC(=O)OC)NC(=O)C(=O)CC. The zero-order valence-corrected chi connectivity index (χ0v) is 12.6. The number of hydrogen-bond acceptors (Lipinski definition) is 6. The molecule has 0 aromatic carbocycles. The number of ether oxygens (including phenoxy) is 2. The normalized spacial score (nSPS) is 11.2. The lowest BCUT2D eigenvalue weighted by Gasteiger charge is -2.17. The van der Waals surface area contributed by atoms with Gasteiger partial charge in [-0.15, -0.1) is 0 Å². The summed E-state index contributed by atoms with van der Waals surface area (Å²) in [4.78, 5) is 45.1. The summed E-state index contributed by atoms with van der Waals surface area (Å²) in [5, 5.41) is 4.88. The van der Waals surface area contributed by atoms with Gasteiger partial charge >= 0.3 is 12.1 Å². The van der Waals surface area contributed by atoms with Gasteiger partial charge in [0.1, 0.15) is 6.61 Å². The summed E-state index contributed by atoms with van der Waals surface area (Å²) < 4.78 is 9.40. The Bertz CT molecular complexity index is 383. The highest BCUT2D eigenvalue weighted by atomic mass is 16.5. The molecule has 1 atom stereocenters. The molecule has 21 heavy (non-hydrogen) atoms. The van der Waals surface area contributed by atoms with Gasteiger partial charge in [-0.05, 0) is 13.3 Å². The maximum absolute atomic E-state index is 11.5. The summed E-state index contributed by atoms with van der Waals surface area (Å²) >= 11 is 0. The van der Waals surface area contributed by atoms with Crippen LogP contribution in [-0.2, 0) is 23.9 Å². The second-order valence-corrected chi connectivity index (χ2v) is 4.19. The highest BCUT2D eigenvalue weighted by Gasteiger charge is 2.19. The first-order valence-corrected chi connectivity index (χ1v) is 6.75. The summed E-state index contributed by atoms with van der Waals surface area (Å²) in [5.74, 6) is -1.78. The number of esters is 1. The summed E-state index contributed by atoms with van der Waals surface area (Å²) in [6.45, 7) is 3.58. The molecule has 0 radical (unpaired) electrons. The molecule has 0 spiro atoms. The molecule has 0 aliphatic rings. The minimum absolute atomic E-state index is 0.0422. The Morgan fingerprint density at radius 2 is 1.81 bits per heavy atom. The number of ketones is 1. The third-order valence-corrected chi connectivity index (χ3v) is 2.57. The first kappa shape index (κ1) is 18.9. The van der Waals surface area contributed by atoms with Crippen molar-refractivity contribution < 1.29 is 28.7 Å². The number of amides is 2. The highest BCUT2D eigenvalue weighted by Crippen LogP contribution is 2.01. The Hall–Kier alpha value is -2.12. The van der Waals surface area contributed by atoms with E-state index < -0.39 is 29.8 Å². The Labute approximate surface area is 123 Å². The smallest absolute Gasteiger partial charge is 0.407 e. The van der Waals surface area contributed by atoms with E-state index in [1.54, 1.807) is 13.8 Å². The van der Waals surface area contributed by atoms with Gasteiger partial charge in [-0.1, -0.05) is 6.92 Å². The van der Waals surface area contributed by atoms with Gasteiger partial charge in [0.15, 0.2) is 0 Å². The molecule has 0 aromatic rings. The molecular weight excluding hydrogens is 280 g/mol. The highest BCUT2D eigenvalue weighted by molar-refractivity contribution is 6.36. The first-order chi connectivity index (χ1) is 9.94. The van der Waals surface area contributed by atoms with Crippen molar-refractivity contribution in [2.24, 2.45) is 0 Å². The second kappa shape index (κ2) is 10.6. The molecule has 0 aliphatic carbocycles. The van der Waals surface area contributed by atoms with Crippen LogP contribution in [0.2, 0.25) is 0 Å². The van der Waals surface area contributed by atoms with Crippen LogP contribution in [0.5, 0.6) is 0 Å². The van der Waals surface area contributed by atoms with E-state index in [2.05, 4.69) is 15.4 Å². The fourth-order valence-corrected chi connectivity index (χ4v) is 1.39. The maximum Gasteiger partial charge on any atom is 0.407 e. The molecule has 0 bridgehead atoms. The van der Waals surface area contributed by atoms with Gasteiger partial charge in [0.25, 0.3) is 5.91 Å². The quantitative estimate of drug-likeness (QED) is 0.463. The van der Waals surface area contributed by atoms with Crippen molar-refractivity contribution in [3.63, 3.8) is 0 Å². The number of nitrogens with one attached hydrogen (secondary N) is 2. The van der Waals surface area contributed by atoms with Crippen molar-refractivity contribution in [3.05, 3.63) is 0 Å². The molecule has 0 aliphatic heterocycles. The molecule has 0 aromatic heterocycles. The standard InChI is InChI=1S/C13H22N2O6/c1-4-10(16)12(18)15-9(6-7-11(17)20-3)8-21-13(19)14-5-2/h9H,4-8H2,1-3H3,(H,14,19)(H,15,18)/t9-/m0/s1. The molecule has 0 heterocycles. The lowest BCUT2D eigenvalue weighted by atomic mass is 10.1. The number of rotatable bonds is 9. The number of alkyl carbamates (subject to hydrolysis) is 1. The minimum atomic E-state index is -0.758. The van der Waals surface area contributed by atoms with Crippen LogP contribution in [0.15, 0.2) is 0 Å². The van der Waals surface area contributed by atoms with Crippen molar-refractivity contribution in [1.29, 1.82) is 0 Å². The van der Waals surface area contributed by atoms with Gasteiger partial charge in [0, 0.05) is 19.4 Å². The first-order valence-electron chi connectivity index (χ1n) is 6.75. The van der Waals surface area contributed by atoms with E-state index in [4.69, 9.17) is 4.74 Å². The van der Waals surface area contributed by atoms with Crippen LogP contribution in [0.4, 0.5) is 4.79 Å². The van der Waals surface area contributed by atoms with Crippen LogP contribution in [0.3, 0.4) is 0 Å². The number of Topliss-reactive ketones (excluding diaryl/α,β-unsaturated/α-hetero) is 1. The van der Waals surface area contributed by atoms with E-state index in [9.17, 15) is 19.2 Å². The monoisotopic (exact) mass is 302 g/mol. The largest absolute Gasteiger partial charge is 0.469 e. The third kappa shape index (κ3) is 8.61. The van der Waals surface area contributed by atoms with Crippen LogP contribution in [0.25, 0.3) is 0 Å². The minimum Gasteiger partial charge on any atom is -0.469 e. The third-order valence-electron chi connectivity index (χ3n) is 2.57. The van der Waals surface area contributed by atoms with Crippen LogP contribution in [0.1, 0.15) is 33.1 Å². The lowest BCUT2D eigenvalue weighted by molar-refractivity contribution is -0.141. The van der Waals surface area contributed by atoms with Gasteiger partial charge < -0.3 is 20.1 Å². The summed E-state index contributed by atoms with van der Waals surface area (Å²) in [6.07, 6.45) is -0.307. The Balaban J connectivity index is 4.46. The maximum atomic E-state index is 11.5. The summed E-state index contributed by atoms with van der Waals surface area (Å²) in [7, 11) is 1.25. The van der Waals surface area contributed by atoms with Crippen molar-refractivity contribution in [3.8, 4) is 0 Å². The predicted molar refractivity (Wildman–Crippen MR) is 73.5 cm³/mol. The number of methoxy groups -OCH3 is 1. The van der Waals surface area contributed by atoms with Gasteiger partial charge in [-0.25, -0.2) is 4.79 Å². The Kier molecular flexibility index (Phi) is 9.57. The van der Waals surface area contributed by atoms with E-state index in [1.807, 2.05) is 0 Å². The molecular formula is C13H22N2O6. The van der Waals surface area contributed by atoms with Crippen LogP contribution >= 0.6 is 0 Å². The van der Waals surface area contributed by atoms with Crippen LogP contribution in [-0.4, -0.2) is 50.1 Å². The number of hydrogen-bond donors (Lipinski definition) is 2. The van der Waals surface area contributed by atoms with Gasteiger partial charge in [-0.2, -0.15) is 0 Å². The fourth-order valence-electron chi connectivity index (χ4n) is 1.39. The van der Waals surface area contributed by atoms with Crippen molar-refractivity contribution in [2.75, 3.05) is 20.3 Å². The molecule has 0 saturated heterocycles. The van der Waals surface area contributed by atoms with Crippen molar-refractivity contribution in [2.45, 2.75) is 39.2 Å². The Morgan fingerprint density at radius 1 is 1.14 bits per heavy atom. The van der Waals surface area contributed by atoms with Crippen LogP contribution < -0.4 is 10.6 Å². The van der Waals surface area contributed by atoms with E-state index in [1.165, 1.54) is 7.11 Å². The molecule has 0 unspecified atom stereocenters. The molecule has 2 N–H and O–H groups in total. The molecule has 0 saturated carbocycles. The number of carbonyl (C=O) groups excluding carboxylic acids is 4. The average molecular weight is 302 g/mol. The van der Waals surface area contributed by atoms with E-state index in [0.717, 1.165) is 0 Å². The van der Waals surface area contributed by atoms with E-state index in [-0.39, 0.29) is 25.9 Å². The van der Waals surface area contributed by atoms with Gasteiger partial charge in [0.05, 0.1) is 13.2 Å². The topological polar surface area (TPSA) is 111 Å². The van der Waals surface area contributed by atoms with E-state index in [0.29, 0.717) is 6.54 Å². The fraction of sp³-hybridized carbons (Fsp3) is 0.692. The molecule has 120 valence electrons. The van der Waals surface area contributed by atoms with Crippen molar-refractivity contribution >= 4 is 23.8 Å². The van der Waals surface area contributed by atoms with Crippen molar-refractivity contribution in [1.82, 2.24) is 10.6 Å². The average Bonchev–Trinajstić information content (AvgIpc) is 2.48. The summed E-state index contributed by atoms with van der Waals surface area (Å²) in [5.41, 5.74) is 0. The Morgan fingerprint density at radius 3 is 2.33 bits per heavy atom. The molecule has 0 fully saturated rings.